The minimum absolute atomic E-state index is 0.157. The summed E-state index contributed by atoms with van der Waals surface area (Å²) in [5, 5.41) is 0. The van der Waals surface area contributed by atoms with Crippen molar-refractivity contribution in [3.8, 4) is 0 Å². The molecule has 1 saturated carbocycles. The fourth-order valence-electron chi connectivity index (χ4n) is 3.13. The first-order chi connectivity index (χ1) is 13.6. The lowest BCUT2D eigenvalue weighted by molar-refractivity contribution is -0.139. The molecule has 0 N–H and O–H groups in total. The number of ether oxygens (including phenoxy) is 2. The maximum atomic E-state index is 10.8. The van der Waals surface area contributed by atoms with Gasteiger partial charge in [-0.05, 0) is 52.1 Å². The van der Waals surface area contributed by atoms with Crippen molar-refractivity contribution in [2.45, 2.75) is 71.9 Å². The summed E-state index contributed by atoms with van der Waals surface area (Å²) in [5.74, 6) is -0.325. The van der Waals surface area contributed by atoms with E-state index in [-0.39, 0.29) is 19.0 Å². The molecule has 138 valence electrons. The average molecular weight is 350 g/mol. The Kier molecular flexibility index (Phi) is 3.98. The number of esters is 1. The second-order valence-electron chi connectivity index (χ2n) is 7.43. The molecule has 0 aromatic heterocycles. The standard InChI is InChI=1S/C22H32O3/c1-17(9-7-10-18(2)12-16-24-19(3)23)11-15-22-20(4,5)13-8-14-21(22,6)25-22/h7,9-12,15H,8,13-14,16H2,1-6H3/b10-7+,15-11+,17-9-,18-12+/i6D3,14D2. The van der Waals surface area contributed by atoms with Gasteiger partial charge in [0, 0.05) is 19.2 Å². The maximum absolute atomic E-state index is 10.8. The van der Waals surface area contributed by atoms with Gasteiger partial charge in [0.25, 0.3) is 0 Å². The zero-order chi connectivity index (χ0) is 23.0. The van der Waals surface area contributed by atoms with E-state index in [2.05, 4.69) is 0 Å². The molecule has 1 aliphatic carbocycles. The monoisotopic (exact) mass is 349 g/mol. The molecular weight excluding hydrogens is 312 g/mol. The van der Waals surface area contributed by atoms with E-state index in [0.717, 1.165) is 11.1 Å². The van der Waals surface area contributed by atoms with Crippen molar-refractivity contribution in [2.24, 2.45) is 5.41 Å². The van der Waals surface area contributed by atoms with Crippen LogP contribution in [0.1, 0.15) is 67.5 Å². The lowest BCUT2D eigenvalue weighted by atomic mass is 9.64. The Bertz CT molecular complexity index is 804. The van der Waals surface area contributed by atoms with Gasteiger partial charge < -0.3 is 9.47 Å². The molecule has 2 aliphatic rings. The fraction of sp³-hybridized carbons (Fsp3) is 0.591. The molecule has 0 radical (unpaired) electrons. The lowest BCUT2D eigenvalue weighted by Crippen LogP contribution is -2.41. The summed E-state index contributed by atoms with van der Waals surface area (Å²) in [4.78, 5) is 10.8. The van der Waals surface area contributed by atoms with E-state index < -0.39 is 29.8 Å². The molecule has 2 unspecified atom stereocenters. The van der Waals surface area contributed by atoms with Crippen LogP contribution in [0.3, 0.4) is 0 Å². The van der Waals surface area contributed by atoms with Crippen LogP contribution in [0.15, 0.2) is 47.6 Å². The predicted octanol–water partition coefficient (Wildman–Crippen LogP) is 5.29. The van der Waals surface area contributed by atoms with Crippen LogP contribution in [0.2, 0.25) is 0 Å². The Labute approximate surface area is 159 Å². The van der Waals surface area contributed by atoms with Crippen LogP contribution >= 0.6 is 0 Å². The number of carbonyl (C=O) groups excluding carboxylic acids is 1. The minimum Gasteiger partial charge on any atom is -0.462 e. The molecule has 2 fully saturated rings. The Morgan fingerprint density at radius 2 is 2.04 bits per heavy atom. The van der Waals surface area contributed by atoms with Gasteiger partial charge >= 0.3 is 5.97 Å². The zero-order valence-corrected chi connectivity index (χ0v) is 15.8. The van der Waals surface area contributed by atoms with Crippen LogP contribution in [-0.4, -0.2) is 23.8 Å². The highest BCUT2D eigenvalue weighted by Crippen LogP contribution is 2.66. The van der Waals surface area contributed by atoms with E-state index in [1.807, 2.05) is 45.9 Å². The van der Waals surface area contributed by atoms with Crippen molar-refractivity contribution in [1.29, 1.82) is 0 Å². The average Bonchev–Trinajstić information content (AvgIpc) is 3.32. The zero-order valence-electron chi connectivity index (χ0n) is 20.8. The second kappa shape index (κ2) is 7.33. The summed E-state index contributed by atoms with van der Waals surface area (Å²) in [5.41, 5.74) is -1.68. The fourth-order valence-corrected chi connectivity index (χ4v) is 3.13. The van der Waals surface area contributed by atoms with Crippen LogP contribution < -0.4 is 0 Å². The van der Waals surface area contributed by atoms with Gasteiger partial charge in [0.1, 0.15) is 12.2 Å². The number of epoxide rings is 1. The molecule has 0 aromatic carbocycles. The first kappa shape index (κ1) is 13.6. The van der Waals surface area contributed by atoms with E-state index in [1.54, 1.807) is 18.2 Å². The number of allylic oxidation sites excluding steroid dienone is 6. The number of hydrogen-bond acceptors (Lipinski definition) is 3. The predicted molar refractivity (Wildman–Crippen MR) is 102 cm³/mol. The van der Waals surface area contributed by atoms with Crippen molar-refractivity contribution >= 4 is 5.97 Å². The molecule has 2 rings (SSSR count). The molecule has 0 spiro atoms. The summed E-state index contributed by atoms with van der Waals surface area (Å²) >= 11 is 0. The van der Waals surface area contributed by atoms with Crippen LogP contribution in [0.5, 0.6) is 0 Å². The van der Waals surface area contributed by atoms with E-state index >= 15 is 0 Å². The third kappa shape index (κ3) is 4.33. The van der Waals surface area contributed by atoms with Gasteiger partial charge in [-0.25, -0.2) is 0 Å². The van der Waals surface area contributed by atoms with Crippen LogP contribution in [-0.2, 0) is 14.3 Å². The van der Waals surface area contributed by atoms with E-state index in [1.165, 1.54) is 6.92 Å². The Morgan fingerprint density at radius 3 is 2.72 bits per heavy atom. The van der Waals surface area contributed by atoms with Crippen LogP contribution in [0.25, 0.3) is 0 Å². The largest absolute Gasteiger partial charge is 0.462 e. The maximum Gasteiger partial charge on any atom is 0.302 e. The number of rotatable bonds is 6. The molecule has 1 saturated heterocycles. The summed E-state index contributed by atoms with van der Waals surface area (Å²) < 4.78 is 51.6. The third-order valence-corrected chi connectivity index (χ3v) is 4.92. The minimum atomic E-state index is -2.57. The van der Waals surface area contributed by atoms with Crippen LogP contribution in [0, 0.1) is 5.41 Å². The molecule has 0 aromatic rings. The van der Waals surface area contributed by atoms with Gasteiger partial charge in [-0.15, -0.1) is 0 Å². The van der Waals surface area contributed by atoms with E-state index in [0.29, 0.717) is 6.42 Å². The number of fused-ring (bicyclic) bond motifs is 1. The molecule has 1 heterocycles. The summed E-state index contributed by atoms with van der Waals surface area (Å²) in [6.07, 6.45) is 9.71. The molecular formula is C22H32O3. The smallest absolute Gasteiger partial charge is 0.302 e. The third-order valence-electron chi connectivity index (χ3n) is 4.92. The summed E-state index contributed by atoms with van der Waals surface area (Å²) in [6.45, 7) is 6.68. The van der Waals surface area contributed by atoms with Gasteiger partial charge in [0.2, 0.25) is 0 Å². The molecule has 0 amide bonds. The van der Waals surface area contributed by atoms with Crippen molar-refractivity contribution in [1.82, 2.24) is 0 Å². The molecule has 25 heavy (non-hydrogen) atoms. The van der Waals surface area contributed by atoms with Crippen molar-refractivity contribution < 1.29 is 21.1 Å². The van der Waals surface area contributed by atoms with E-state index in [4.69, 9.17) is 16.3 Å². The highest BCUT2D eigenvalue weighted by atomic mass is 16.6. The molecule has 0 bridgehead atoms. The van der Waals surface area contributed by atoms with E-state index in [9.17, 15) is 4.79 Å². The number of hydrogen-bond donors (Lipinski definition) is 0. The summed E-state index contributed by atoms with van der Waals surface area (Å²) in [7, 11) is 0. The first-order valence-electron chi connectivity index (χ1n) is 11.2. The quantitative estimate of drug-likeness (QED) is 0.371. The Morgan fingerprint density at radius 1 is 1.28 bits per heavy atom. The SMILES string of the molecule is [2H]C([2H])([2H])C12OC1(/C=C/C(C)=C\C=C\C(C)=C\COC(C)=O)C(C)(C)CCC2([2H])[2H]. The molecule has 1 aliphatic heterocycles. The van der Waals surface area contributed by atoms with Crippen molar-refractivity contribution in [3.05, 3.63) is 47.6 Å². The Hall–Kier alpha value is -1.61. The lowest BCUT2D eigenvalue weighted by Gasteiger charge is -2.36. The molecule has 2 atom stereocenters. The molecule has 3 nitrogen and oxygen atoms in total. The van der Waals surface area contributed by atoms with Gasteiger partial charge in [-0.1, -0.05) is 49.3 Å². The van der Waals surface area contributed by atoms with Gasteiger partial charge in [0.05, 0.1) is 5.60 Å². The second-order valence-corrected chi connectivity index (χ2v) is 7.43. The topological polar surface area (TPSA) is 38.8 Å². The highest BCUT2D eigenvalue weighted by Gasteiger charge is 2.73. The highest BCUT2D eigenvalue weighted by molar-refractivity contribution is 5.66. The molecule has 3 heteroatoms. The van der Waals surface area contributed by atoms with Crippen LogP contribution in [0.4, 0.5) is 0 Å². The van der Waals surface area contributed by atoms with Crippen molar-refractivity contribution in [3.63, 3.8) is 0 Å². The summed E-state index contributed by atoms with van der Waals surface area (Å²) in [6, 6.07) is 0. The van der Waals surface area contributed by atoms with Gasteiger partial charge in [-0.3, -0.25) is 4.79 Å². The normalized spacial score (nSPS) is 37.6. The van der Waals surface area contributed by atoms with Gasteiger partial charge in [0.15, 0.2) is 0 Å². The van der Waals surface area contributed by atoms with Crippen molar-refractivity contribution in [2.75, 3.05) is 6.61 Å². The number of carbonyl (C=O) groups is 1. The first-order valence-corrected chi connectivity index (χ1v) is 8.66. The Balaban J connectivity index is 2.21. The van der Waals surface area contributed by atoms with Gasteiger partial charge in [-0.2, -0.15) is 0 Å².